The Morgan fingerprint density at radius 1 is 0.929 bits per heavy atom. The molecule has 0 spiro atoms. The maximum absolute atomic E-state index is 5.42. The highest BCUT2D eigenvalue weighted by Crippen LogP contribution is 2.06. The predicted molar refractivity (Wildman–Crippen MR) is 70.9 cm³/mol. The van der Waals surface area contributed by atoms with Gasteiger partial charge >= 0.3 is 0 Å². The minimum absolute atomic E-state index is 0. The minimum Gasteiger partial charge on any atom is -0.329 e. The predicted octanol–water partition coefficient (Wildman–Crippen LogP) is 3.37. The Morgan fingerprint density at radius 3 is 1.71 bits per heavy atom. The van der Waals surface area contributed by atoms with E-state index in [-0.39, 0.29) is 22.3 Å². The van der Waals surface area contributed by atoms with Crippen molar-refractivity contribution < 1.29 is 0 Å². The van der Waals surface area contributed by atoms with E-state index in [1.807, 2.05) is 13.8 Å². The fourth-order valence-electron chi connectivity index (χ4n) is 1.37. The lowest BCUT2D eigenvalue weighted by molar-refractivity contribution is 0.235. The lowest BCUT2D eigenvalue weighted by atomic mass is 10.1. The first-order valence-electron chi connectivity index (χ1n) is 4.86. The molecule has 2 nitrogen and oxygen atoms in total. The number of piperidine rings is 1. The highest BCUT2D eigenvalue weighted by atomic mass is 15.1. The molecule has 0 bridgehead atoms. The molecule has 1 saturated heterocycles. The van der Waals surface area contributed by atoms with Crippen molar-refractivity contribution >= 4 is 0 Å². The second-order valence-corrected chi connectivity index (χ2v) is 2.69. The van der Waals surface area contributed by atoms with Gasteiger partial charge < -0.3 is 10.6 Å². The largest absolute Gasteiger partial charge is 0.329 e. The Bertz CT molecular complexity index is 66.0. The third-order valence-corrected chi connectivity index (χ3v) is 1.89. The van der Waals surface area contributed by atoms with Crippen LogP contribution in [0.25, 0.3) is 0 Å². The second kappa shape index (κ2) is 18.7. The molecule has 0 aliphatic carbocycles. The van der Waals surface area contributed by atoms with E-state index in [1.54, 1.807) is 0 Å². The van der Waals surface area contributed by atoms with Gasteiger partial charge in [0, 0.05) is 13.1 Å². The van der Waals surface area contributed by atoms with E-state index in [2.05, 4.69) is 4.90 Å². The van der Waals surface area contributed by atoms with Crippen LogP contribution in [0.1, 0.15) is 55.4 Å². The lowest BCUT2D eigenvalue weighted by Crippen LogP contribution is -2.33. The normalized spacial score (nSPS) is 14.8. The standard InChI is InChI=1S/C7H16N2.C2H6.3CH4/c8-4-7-9-5-2-1-3-6-9;1-2;;;/h1-8H2;1-2H3;3*1H4. The van der Waals surface area contributed by atoms with Crippen LogP contribution in [0.4, 0.5) is 0 Å². The maximum atomic E-state index is 5.42. The van der Waals surface area contributed by atoms with Gasteiger partial charge in [0.25, 0.3) is 0 Å². The lowest BCUT2D eigenvalue weighted by Gasteiger charge is -2.25. The van der Waals surface area contributed by atoms with Gasteiger partial charge in [-0.3, -0.25) is 0 Å². The highest BCUT2D eigenvalue weighted by molar-refractivity contribution is 4.63. The number of rotatable bonds is 2. The van der Waals surface area contributed by atoms with Gasteiger partial charge in [-0.1, -0.05) is 42.5 Å². The Morgan fingerprint density at radius 2 is 1.36 bits per heavy atom. The highest BCUT2D eigenvalue weighted by Gasteiger charge is 2.07. The summed E-state index contributed by atoms with van der Waals surface area (Å²) in [4.78, 5) is 2.45. The van der Waals surface area contributed by atoms with E-state index in [0.29, 0.717) is 0 Å². The Labute approximate surface area is 92.9 Å². The molecule has 0 atom stereocenters. The first kappa shape index (κ1) is 23.6. The van der Waals surface area contributed by atoms with Crippen LogP contribution in [0.2, 0.25) is 0 Å². The molecule has 2 N–H and O–H groups in total. The van der Waals surface area contributed by atoms with E-state index < -0.39 is 0 Å². The molecule has 0 saturated carbocycles. The Balaban J connectivity index is -0.0000000942. The van der Waals surface area contributed by atoms with Crippen molar-refractivity contribution in [2.75, 3.05) is 26.2 Å². The van der Waals surface area contributed by atoms with Gasteiger partial charge in [0.05, 0.1) is 0 Å². The average molecular weight is 206 g/mol. The second-order valence-electron chi connectivity index (χ2n) is 2.69. The summed E-state index contributed by atoms with van der Waals surface area (Å²) in [5.74, 6) is 0. The van der Waals surface area contributed by atoms with Crippen molar-refractivity contribution in [1.29, 1.82) is 0 Å². The van der Waals surface area contributed by atoms with Crippen LogP contribution in [0.3, 0.4) is 0 Å². The summed E-state index contributed by atoms with van der Waals surface area (Å²) in [7, 11) is 0. The molecule has 14 heavy (non-hydrogen) atoms. The van der Waals surface area contributed by atoms with Gasteiger partial charge in [0.2, 0.25) is 0 Å². The van der Waals surface area contributed by atoms with Crippen LogP contribution >= 0.6 is 0 Å². The monoisotopic (exact) mass is 206 g/mol. The molecule has 1 heterocycles. The fraction of sp³-hybridized carbons (Fsp3) is 1.00. The van der Waals surface area contributed by atoms with Crippen LogP contribution in [0.15, 0.2) is 0 Å². The zero-order valence-electron chi connectivity index (χ0n) is 7.97. The van der Waals surface area contributed by atoms with Crippen molar-refractivity contribution in [2.24, 2.45) is 5.73 Å². The van der Waals surface area contributed by atoms with Crippen molar-refractivity contribution in [3.63, 3.8) is 0 Å². The molecular formula is C12H34N2. The average Bonchev–Trinajstić information content (AvgIpc) is 2.11. The number of nitrogens with two attached hydrogens (primary N) is 1. The van der Waals surface area contributed by atoms with E-state index in [9.17, 15) is 0 Å². The van der Waals surface area contributed by atoms with E-state index >= 15 is 0 Å². The Hall–Kier alpha value is -0.0800. The molecular weight excluding hydrogens is 172 g/mol. The first-order chi connectivity index (χ1) is 5.43. The zero-order chi connectivity index (χ0) is 8.53. The maximum Gasteiger partial charge on any atom is 0.0105 e. The van der Waals surface area contributed by atoms with E-state index in [4.69, 9.17) is 5.73 Å². The summed E-state index contributed by atoms with van der Waals surface area (Å²) < 4.78 is 0. The van der Waals surface area contributed by atoms with Gasteiger partial charge in [0.15, 0.2) is 0 Å². The molecule has 0 amide bonds. The third kappa shape index (κ3) is 11.9. The summed E-state index contributed by atoms with van der Waals surface area (Å²) in [6.45, 7) is 8.47. The quantitative estimate of drug-likeness (QED) is 0.750. The number of nitrogens with zero attached hydrogens (tertiary/aromatic N) is 1. The summed E-state index contributed by atoms with van der Waals surface area (Å²) >= 11 is 0. The summed E-state index contributed by atoms with van der Waals surface area (Å²) in [6.07, 6.45) is 4.17. The SMILES string of the molecule is C.C.C.CC.NCCN1CCCCC1. The van der Waals surface area contributed by atoms with Crippen LogP contribution in [-0.2, 0) is 0 Å². The molecule has 1 rings (SSSR count). The number of likely N-dealkylation sites (tertiary alicyclic amines) is 1. The van der Waals surface area contributed by atoms with E-state index in [0.717, 1.165) is 13.1 Å². The van der Waals surface area contributed by atoms with Crippen molar-refractivity contribution in [2.45, 2.75) is 55.4 Å². The van der Waals surface area contributed by atoms with Crippen LogP contribution in [-0.4, -0.2) is 31.1 Å². The van der Waals surface area contributed by atoms with Gasteiger partial charge in [-0.15, -0.1) is 0 Å². The van der Waals surface area contributed by atoms with E-state index in [1.165, 1.54) is 32.4 Å². The number of hydrogen-bond donors (Lipinski definition) is 1. The van der Waals surface area contributed by atoms with Gasteiger partial charge in [0.1, 0.15) is 0 Å². The molecule has 0 unspecified atom stereocenters. The van der Waals surface area contributed by atoms with Crippen molar-refractivity contribution in [1.82, 2.24) is 4.90 Å². The van der Waals surface area contributed by atoms with Crippen molar-refractivity contribution in [3.8, 4) is 0 Å². The third-order valence-electron chi connectivity index (χ3n) is 1.89. The molecule has 0 radical (unpaired) electrons. The van der Waals surface area contributed by atoms with Crippen LogP contribution < -0.4 is 5.73 Å². The summed E-state index contributed by atoms with van der Waals surface area (Å²) in [5.41, 5.74) is 5.42. The van der Waals surface area contributed by atoms with Crippen molar-refractivity contribution in [3.05, 3.63) is 0 Å². The molecule has 0 aromatic heterocycles. The molecule has 0 aromatic carbocycles. The van der Waals surface area contributed by atoms with Crippen LogP contribution in [0, 0.1) is 0 Å². The number of hydrogen-bond acceptors (Lipinski definition) is 2. The van der Waals surface area contributed by atoms with Gasteiger partial charge in [-0.2, -0.15) is 0 Å². The zero-order valence-corrected chi connectivity index (χ0v) is 7.97. The first-order valence-corrected chi connectivity index (χ1v) is 4.86. The molecule has 2 heteroatoms. The fourth-order valence-corrected chi connectivity index (χ4v) is 1.37. The molecule has 1 fully saturated rings. The molecule has 0 aromatic rings. The summed E-state index contributed by atoms with van der Waals surface area (Å²) in [5, 5.41) is 0. The van der Waals surface area contributed by atoms with Gasteiger partial charge in [-0.05, 0) is 25.9 Å². The van der Waals surface area contributed by atoms with Crippen LogP contribution in [0.5, 0.6) is 0 Å². The Kier molecular flexibility index (Phi) is 31.5. The topological polar surface area (TPSA) is 29.3 Å². The van der Waals surface area contributed by atoms with Gasteiger partial charge in [-0.25, -0.2) is 0 Å². The molecule has 1 aliphatic heterocycles. The molecule has 1 aliphatic rings. The molecule has 92 valence electrons. The smallest absolute Gasteiger partial charge is 0.0105 e. The summed E-state index contributed by atoms with van der Waals surface area (Å²) in [6, 6.07) is 0. The minimum atomic E-state index is 0.